The molecule has 21 heavy (non-hydrogen) atoms. The topological polar surface area (TPSA) is 89.2 Å². The average Bonchev–Trinajstić information content (AvgIpc) is 2.47. The molecule has 6 nitrogen and oxygen atoms in total. The van der Waals surface area contributed by atoms with Gasteiger partial charge in [-0.15, -0.1) is 0 Å². The Morgan fingerprint density at radius 3 is 3.14 bits per heavy atom. The van der Waals surface area contributed by atoms with E-state index in [-0.39, 0.29) is 6.54 Å². The summed E-state index contributed by atoms with van der Waals surface area (Å²) >= 11 is 0. The fraction of sp³-hybridized carbons (Fsp3) is 0.533. The van der Waals surface area contributed by atoms with Crippen molar-refractivity contribution in [3.63, 3.8) is 0 Å². The third-order valence-corrected chi connectivity index (χ3v) is 3.66. The summed E-state index contributed by atoms with van der Waals surface area (Å²) in [6.45, 7) is 4.28. The van der Waals surface area contributed by atoms with Crippen molar-refractivity contribution in [3.8, 4) is 6.07 Å². The highest BCUT2D eigenvalue weighted by Crippen LogP contribution is 2.24. The van der Waals surface area contributed by atoms with Gasteiger partial charge in [0.25, 0.3) is 0 Å². The number of nitrogens with one attached hydrogen (secondary N) is 1. The van der Waals surface area contributed by atoms with Gasteiger partial charge in [-0.2, -0.15) is 5.26 Å². The maximum Gasteiger partial charge on any atom is 0.317 e. The van der Waals surface area contributed by atoms with Gasteiger partial charge in [0.05, 0.1) is 12.1 Å². The number of hydrogen-bond acceptors (Lipinski definition) is 5. The number of carboxylic acid groups (broad SMARTS) is 1. The van der Waals surface area contributed by atoms with Crippen LogP contribution in [0.15, 0.2) is 12.1 Å². The van der Waals surface area contributed by atoms with Gasteiger partial charge in [-0.1, -0.05) is 0 Å². The van der Waals surface area contributed by atoms with Crippen LogP contribution in [-0.2, 0) is 4.79 Å². The molecule has 0 saturated carbocycles. The van der Waals surface area contributed by atoms with Crippen LogP contribution < -0.4 is 10.2 Å². The Kier molecular flexibility index (Phi) is 5.12. The molecular weight excluding hydrogens is 268 g/mol. The molecule has 1 aliphatic rings. The van der Waals surface area contributed by atoms with E-state index in [0.29, 0.717) is 18.0 Å². The van der Waals surface area contributed by atoms with Gasteiger partial charge in [-0.05, 0) is 37.8 Å². The Hall–Kier alpha value is -2.13. The standard InChI is InChI=1S/C15H20N4O2/c1-11-4-5-13(7-16)15(18-11)19-6-2-3-12(10-19)8-17-9-14(20)21/h4-5,12,17H,2-3,6,8-10H2,1H3,(H,20,21). The third kappa shape index (κ3) is 4.17. The van der Waals surface area contributed by atoms with E-state index in [2.05, 4.69) is 21.3 Å². The molecule has 0 bridgehead atoms. The summed E-state index contributed by atoms with van der Waals surface area (Å²) in [5.41, 5.74) is 1.50. The van der Waals surface area contributed by atoms with Crippen molar-refractivity contribution >= 4 is 11.8 Å². The molecule has 0 aromatic carbocycles. The highest BCUT2D eigenvalue weighted by atomic mass is 16.4. The lowest BCUT2D eigenvalue weighted by molar-refractivity contribution is -0.136. The molecule has 2 rings (SSSR count). The maximum absolute atomic E-state index is 10.5. The van der Waals surface area contributed by atoms with Gasteiger partial charge in [-0.3, -0.25) is 4.79 Å². The minimum Gasteiger partial charge on any atom is -0.480 e. The number of pyridine rings is 1. The number of anilines is 1. The predicted molar refractivity (Wildman–Crippen MR) is 79.1 cm³/mol. The van der Waals surface area contributed by atoms with Crippen LogP contribution in [0.3, 0.4) is 0 Å². The number of aliphatic carboxylic acids is 1. The first-order valence-corrected chi connectivity index (χ1v) is 7.15. The largest absolute Gasteiger partial charge is 0.480 e. The maximum atomic E-state index is 10.5. The minimum absolute atomic E-state index is 0.0113. The van der Waals surface area contributed by atoms with Gasteiger partial charge in [-0.25, -0.2) is 4.98 Å². The molecular formula is C15H20N4O2. The van der Waals surface area contributed by atoms with Crippen LogP contribution in [0.1, 0.15) is 24.1 Å². The molecule has 1 saturated heterocycles. The Morgan fingerprint density at radius 1 is 1.62 bits per heavy atom. The Bertz CT molecular complexity index is 553. The van der Waals surface area contributed by atoms with Crippen LogP contribution >= 0.6 is 0 Å². The molecule has 1 unspecified atom stereocenters. The van der Waals surface area contributed by atoms with Crippen molar-refractivity contribution in [3.05, 3.63) is 23.4 Å². The molecule has 1 aromatic heterocycles. The van der Waals surface area contributed by atoms with E-state index in [0.717, 1.165) is 37.4 Å². The molecule has 1 aliphatic heterocycles. The SMILES string of the molecule is Cc1ccc(C#N)c(N2CCCC(CNCC(=O)O)C2)n1. The first kappa shape index (κ1) is 15.3. The molecule has 112 valence electrons. The smallest absolute Gasteiger partial charge is 0.317 e. The number of hydrogen-bond donors (Lipinski definition) is 2. The first-order valence-electron chi connectivity index (χ1n) is 7.15. The normalized spacial score (nSPS) is 18.3. The zero-order valence-corrected chi connectivity index (χ0v) is 12.2. The lowest BCUT2D eigenvalue weighted by Crippen LogP contribution is -2.41. The quantitative estimate of drug-likeness (QED) is 0.845. The van der Waals surface area contributed by atoms with Gasteiger partial charge < -0.3 is 15.3 Å². The van der Waals surface area contributed by atoms with Gasteiger partial charge in [0.15, 0.2) is 0 Å². The molecule has 0 amide bonds. The zero-order valence-electron chi connectivity index (χ0n) is 12.2. The number of nitrogens with zero attached hydrogens (tertiary/aromatic N) is 3. The second-order valence-electron chi connectivity index (χ2n) is 5.41. The average molecular weight is 288 g/mol. The lowest BCUT2D eigenvalue weighted by Gasteiger charge is -2.34. The van der Waals surface area contributed by atoms with E-state index >= 15 is 0 Å². The third-order valence-electron chi connectivity index (χ3n) is 3.66. The number of carbonyl (C=O) groups is 1. The fourth-order valence-electron chi connectivity index (χ4n) is 2.68. The van der Waals surface area contributed by atoms with E-state index in [9.17, 15) is 10.1 Å². The Balaban J connectivity index is 2.02. The van der Waals surface area contributed by atoms with Crippen LogP contribution in [0.2, 0.25) is 0 Å². The second kappa shape index (κ2) is 7.04. The number of aryl methyl sites for hydroxylation is 1. The molecule has 2 heterocycles. The minimum atomic E-state index is -0.838. The van der Waals surface area contributed by atoms with E-state index in [1.54, 1.807) is 0 Å². The summed E-state index contributed by atoms with van der Waals surface area (Å²) in [7, 11) is 0. The number of piperidine rings is 1. The highest BCUT2D eigenvalue weighted by molar-refractivity contribution is 5.69. The predicted octanol–water partition coefficient (Wildman–Crippen LogP) is 1.15. The van der Waals surface area contributed by atoms with Gasteiger partial charge in [0.1, 0.15) is 11.9 Å². The number of aromatic nitrogens is 1. The number of nitriles is 1. The molecule has 2 N–H and O–H groups in total. The van der Waals surface area contributed by atoms with Crippen LogP contribution in [-0.4, -0.2) is 42.2 Å². The van der Waals surface area contributed by atoms with Crippen molar-refractivity contribution in [1.29, 1.82) is 5.26 Å². The van der Waals surface area contributed by atoms with E-state index < -0.39 is 5.97 Å². The second-order valence-corrected chi connectivity index (χ2v) is 5.41. The summed E-state index contributed by atoms with van der Waals surface area (Å²) in [5.74, 6) is 0.294. The summed E-state index contributed by atoms with van der Waals surface area (Å²) in [6, 6.07) is 5.85. The fourth-order valence-corrected chi connectivity index (χ4v) is 2.68. The number of carboxylic acids is 1. The molecule has 0 aliphatic carbocycles. The van der Waals surface area contributed by atoms with Crippen molar-refractivity contribution in [2.45, 2.75) is 19.8 Å². The van der Waals surface area contributed by atoms with Crippen LogP contribution in [0.25, 0.3) is 0 Å². The van der Waals surface area contributed by atoms with Crippen LogP contribution in [0.5, 0.6) is 0 Å². The number of rotatable bonds is 5. The van der Waals surface area contributed by atoms with Crippen molar-refractivity contribution in [2.24, 2.45) is 5.92 Å². The summed E-state index contributed by atoms with van der Waals surface area (Å²) in [4.78, 5) is 17.2. The highest BCUT2D eigenvalue weighted by Gasteiger charge is 2.22. The molecule has 1 atom stereocenters. The van der Waals surface area contributed by atoms with Crippen molar-refractivity contribution < 1.29 is 9.90 Å². The molecule has 0 spiro atoms. The first-order chi connectivity index (χ1) is 10.1. The molecule has 0 radical (unpaired) electrons. The van der Waals surface area contributed by atoms with Crippen LogP contribution in [0, 0.1) is 24.2 Å². The molecule has 1 fully saturated rings. The van der Waals surface area contributed by atoms with E-state index in [4.69, 9.17) is 5.11 Å². The van der Waals surface area contributed by atoms with Gasteiger partial charge in [0.2, 0.25) is 0 Å². The van der Waals surface area contributed by atoms with Crippen molar-refractivity contribution in [2.75, 3.05) is 31.1 Å². The van der Waals surface area contributed by atoms with Crippen LogP contribution in [0.4, 0.5) is 5.82 Å². The van der Waals surface area contributed by atoms with Gasteiger partial charge in [0, 0.05) is 25.3 Å². The zero-order chi connectivity index (χ0) is 15.2. The lowest BCUT2D eigenvalue weighted by atomic mass is 9.97. The summed E-state index contributed by atoms with van der Waals surface area (Å²) < 4.78 is 0. The summed E-state index contributed by atoms with van der Waals surface area (Å²) in [6.07, 6.45) is 2.09. The van der Waals surface area contributed by atoms with Crippen molar-refractivity contribution in [1.82, 2.24) is 10.3 Å². The Labute approximate surface area is 124 Å². The molecule has 1 aromatic rings. The Morgan fingerprint density at radius 2 is 2.43 bits per heavy atom. The van der Waals surface area contributed by atoms with Gasteiger partial charge >= 0.3 is 5.97 Å². The molecule has 6 heteroatoms. The monoisotopic (exact) mass is 288 g/mol. The van der Waals surface area contributed by atoms with E-state index in [1.165, 1.54) is 0 Å². The van der Waals surface area contributed by atoms with E-state index in [1.807, 2.05) is 19.1 Å². The summed E-state index contributed by atoms with van der Waals surface area (Å²) in [5, 5.41) is 20.8.